The number of benzene rings is 2. The third-order valence-corrected chi connectivity index (χ3v) is 7.30. The number of allylic oxidation sites excluding steroid dienone is 2. The van der Waals surface area contributed by atoms with Gasteiger partial charge in [-0.3, -0.25) is 14.6 Å². The lowest BCUT2D eigenvalue weighted by Crippen LogP contribution is -2.39. The van der Waals surface area contributed by atoms with Crippen LogP contribution < -0.4 is 0 Å². The molecular formula is C28H28FNO4. The monoisotopic (exact) mass is 461 g/mol. The molecule has 0 radical (unpaired) electrons. The number of aliphatic imine (C=N–C) groups is 1. The number of rotatable bonds is 4. The number of ketones is 1. The smallest absolute Gasteiger partial charge is 0.315 e. The maximum Gasteiger partial charge on any atom is 0.315 e. The number of carbonyl (C=O) groups excluding carboxylic acids is 2. The summed E-state index contributed by atoms with van der Waals surface area (Å²) < 4.78 is 19.3. The van der Waals surface area contributed by atoms with Gasteiger partial charge in [-0.05, 0) is 80.3 Å². The van der Waals surface area contributed by atoms with Gasteiger partial charge in [0.1, 0.15) is 23.6 Å². The highest BCUT2D eigenvalue weighted by molar-refractivity contribution is 6.09. The molecule has 6 heteroatoms. The van der Waals surface area contributed by atoms with Crippen molar-refractivity contribution >= 4 is 17.5 Å². The van der Waals surface area contributed by atoms with Gasteiger partial charge in [-0.1, -0.05) is 24.3 Å². The molecule has 1 saturated carbocycles. The topological polar surface area (TPSA) is 76.0 Å². The average molecular weight is 462 g/mol. The lowest BCUT2D eigenvalue weighted by atomic mass is 9.69. The first-order chi connectivity index (χ1) is 16.4. The van der Waals surface area contributed by atoms with Gasteiger partial charge in [0, 0.05) is 29.3 Å². The van der Waals surface area contributed by atoms with Gasteiger partial charge in [0.05, 0.1) is 0 Å². The van der Waals surface area contributed by atoms with Crippen LogP contribution in [-0.2, 0) is 14.3 Å². The summed E-state index contributed by atoms with van der Waals surface area (Å²) in [6.45, 7) is 1.81. The van der Waals surface area contributed by atoms with E-state index >= 15 is 0 Å². The van der Waals surface area contributed by atoms with Crippen LogP contribution in [0, 0.1) is 11.7 Å². The summed E-state index contributed by atoms with van der Waals surface area (Å²) in [5.74, 6) is -2.04. The first-order valence-electron chi connectivity index (χ1n) is 12.0. The minimum atomic E-state index is -0.715. The van der Waals surface area contributed by atoms with E-state index in [1.54, 1.807) is 30.3 Å². The van der Waals surface area contributed by atoms with Gasteiger partial charge in [-0.25, -0.2) is 4.39 Å². The molecule has 3 aliphatic rings. The predicted octanol–water partition coefficient (Wildman–Crippen LogP) is 5.59. The van der Waals surface area contributed by atoms with Crippen LogP contribution >= 0.6 is 0 Å². The van der Waals surface area contributed by atoms with Gasteiger partial charge in [-0.15, -0.1) is 0 Å². The van der Waals surface area contributed by atoms with E-state index in [0.717, 1.165) is 31.2 Å². The fourth-order valence-corrected chi connectivity index (χ4v) is 5.66. The fraction of sp³-hybridized carbons (Fsp3) is 0.393. The Balaban J connectivity index is 1.54. The number of phenols is 1. The highest BCUT2D eigenvalue weighted by Gasteiger charge is 2.45. The third kappa shape index (κ3) is 4.29. The molecule has 2 aromatic rings. The van der Waals surface area contributed by atoms with Crippen molar-refractivity contribution in [3.63, 3.8) is 0 Å². The number of Topliss-reactive ketones (excluding diaryl/α,β-unsaturated/α-hetero) is 1. The molecule has 5 nitrogen and oxygen atoms in total. The summed E-state index contributed by atoms with van der Waals surface area (Å²) >= 11 is 0. The van der Waals surface area contributed by atoms with E-state index in [9.17, 15) is 19.1 Å². The molecule has 0 bridgehead atoms. The minimum absolute atomic E-state index is 0.0705. The number of phenolic OH excluding ortho intramolecular Hbond substituents is 1. The van der Waals surface area contributed by atoms with Crippen molar-refractivity contribution in [1.82, 2.24) is 0 Å². The van der Waals surface area contributed by atoms with Crippen molar-refractivity contribution < 1.29 is 23.8 Å². The van der Waals surface area contributed by atoms with E-state index in [2.05, 4.69) is 0 Å². The Hall–Kier alpha value is -3.28. The molecule has 1 N–H and O–H groups in total. The van der Waals surface area contributed by atoms with Crippen molar-refractivity contribution in [3.8, 4) is 5.75 Å². The summed E-state index contributed by atoms with van der Waals surface area (Å²) in [6, 6.07) is 13.0. The van der Waals surface area contributed by atoms with Crippen molar-refractivity contribution in [1.29, 1.82) is 0 Å². The third-order valence-electron chi connectivity index (χ3n) is 7.30. The molecule has 0 amide bonds. The highest BCUT2D eigenvalue weighted by atomic mass is 19.1. The number of halogens is 1. The maximum absolute atomic E-state index is 13.6. The standard InChI is InChI=1S/C28H28FNO4/c1-16-25(28(33)34-22-7-2-3-8-22)26(18-5-4-6-21(31)13-18)27-23(30-16)14-19(15-24(27)32)17-9-11-20(29)12-10-17/h4-6,9-13,19,22,25-26,31H,2-3,7-8,14-15H2,1H3. The number of hydrogen-bond donors (Lipinski definition) is 1. The summed E-state index contributed by atoms with van der Waals surface area (Å²) in [5, 5.41) is 10.2. The molecule has 34 heavy (non-hydrogen) atoms. The van der Waals surface area contributed by atoms with Crippen molar-refractivity contribution in [2.75, 3.05) is 0 Å². The maximum atomic E-state index is 13.6. The van der Waals surface area contributed by atoms with Crippen LogP contribution in [0.25, 0.3) is 0 Å². The number of nitrogens with zero attached hydrogens (tertiary/aromatic N) is 1. The van der Waals surface area contributed by atoms with Crippen LogP contribution in [0.5, 0.6) is 5.75 Å². The number of carbonyl (C=O) groups is 2. The molecule has 3 atom stereocenters. The SMILES string of the molecule is CC1=NC2=C(C(=O)CC(c3ccc(F)cc3)C2)C(c2cccc(O)c2)C1C(=O)OC1CCCC1. The van der Waals surface area contributed by atoms with Crippen LogP contribution in [0.1, 0.15) is 68.4 Å². The second kappa shape index (κ2) is 9.16. The van der Waals surface area contributed by atoms with Gasteiger partial charge in [-0.2, -0.15) is 0 Å². The van der Waals surface area contributed by atoms with Crippen LogP contribution in [0.2, 0.25) is 0 Å². The van der Waals surface area contributed by atoms with Crippen molar-refractivity contribution in [2.45, 2.75) is 63.4 Å². The van der Waals surface area contributed by atoms with Crippen molar-refractivity contribution in [3.05, 3.63) is 76.7 Å². The van der Waals surface area contributed by atoms with E-state index in [1.807, 2.05) is 13.0 Å². The van der Waals surface area contributed by atoms with Crippen LogP contribution in [0.3, 0.4) is 0 Å². The molecule has 5 rings (SSSR count). The van der Waals surface area contributed by atoms with Gasteiger partial charge >= 0.3 is 5.97 Å². The quantitative estimate of drug-likeness (QED) is 0.602. The Morgan fingerprint density at radius 1 is 1.06 bits per heavy atom. The number of ether oxygens (including phenoxy) is 1. The summed E-state index contributed by atoms with van der Waals surface area (Å²) in [7, 11) is 0. The molecule has 176 valence electrons. The summed E-state index contributed by atoms with van der Waals surface area (Å²) in [6.07, 6.45) is 4.51. The van der Waals surface area contributed by atoms with Crippen LogP contribution in [-0.4, -0.2) is 28.7 Å². The lowest BCUT2D eigenvalue weighted by Gasteiger charge is -2.37. The number of hydrogen-bond acceptors (Lipinski definition) is 5. The predicted molar refractivity (Wildman–Crippen MR) is 126 cm³/mol. The van der Waals surface area contributed by atoms with Crippen LogP contribution in [0.4, 0.5) is 4.39 Å². The zero-order valence-corrected chi connectivity index (χ0v) is 19.2. The largest absolute Gasteiger partial charge is 0.508 e. The molecular weight excluding hydrogens is 433 g/mol. The van der Waals surface area contributed by atoms with E-state index in [-0.39, 0.29) is 41.8 Å². The molecule has 2 aliphatic carbocycles. The summed E-state index contributed by atoms with van der Waals surface area (Å²) in [5.41, 5.74) is 3.40. The van der Waals surface area contributed by atoms with Gasteiger partial charge in [0.15, 0.2) is 5.78 Å². The Morgan fingerprint density at radius 3 is 2.50 bits per heavy atom. The summed E-state index contributed by atoms with van der Waals surface area (Å²) in [4.78, 5) is 31.7. The normalized spacial score (nSPS) is 25.2. The van der Waals surface area contributed by atoms with Crippen LogP contribution in [0.15, 0.2) is 64.8 Å². The number of esters is 1. The zero-order valence-electron chi connectivity index (χ0n) is 19.2. The Labute approximate surface area is 198 Å². The zero-order chi connectivity index (χ0) is 23.8. The molecule has 1 heterocycles. The molecule has 1 aliphatic heterocycles. The van der Waals surface area contributed by atoms with E-state index in [1.165, 1.54) is 12.1 Å². The van der Waals surface area contributed by atoms with Gasteiger partial charge in [0.2, 0.25) is 0 Å². The first-order valence-corrected chi connectivity index (χ1v) is 12.0. The minimum Gasteiger partial charge on any atom is -0.508 e. The first kappa shape index (κ1) is 22.5. The Bertz CT molecular complexity index is 1180. The molecule has 0 aromatic heterocycles. The average Bonchev–Trinajstić information content (AvgIpc) is 3.31. The van der Waals surface area contributed by atoms with E-state index in [4.69, 9.17) is 9.73 Å². The van der Waals surface area contributed by atoms with Gasteiger partial charge < -0.3 is 9.84 Å². The fourth-order valence-electron chi connectivity index (χ4n) is 5.66. The molecule has 1 fully saturated rings. The Morgan fingerprint density at radius 2 is 1.79 bits per heavy atom. The molecule has 0 saturated heterocycles. The Kier molecular flexibility index (Phi) is 6.07. The molecule has 2 aromatic carbocycles. The van der Waals surface area contributed by atoms with Gasteiger partial charge in [0.25, 0.3) is 0 Å². The molecule has 0 spiro atoms. The van der Waals surface area contributed by atoms with Crippen molar-refractivity contribution in [2.24, 2.45) is 10.9 Å². The molecule has 3 unspecified atom stereocenters. The second-order valence-corrected chi connectivity index (χ2v) is 9.59. The number of aromatic hydroxyl groups is 1. The lowest BCUT2D eigenvalue weighted by molar-refractivity contribution is -0.151. The van der Waals surface area contributed by atoms with E-state index < -0.39 is 11.8 Å². The second-order valence-electron chi connectivity index (χ2n) is 9.59. The van der Waals surface area contributed by atoms with E-state index in [0.29, 0.717) is 29.0 Å². The highest BCUT2D eigenvalue weighted by Crippen LogP contribution is 2.47.